The number of aromatic nitrogens is 2. The molecule has 1 aromatic heterocycles. The zero-order valence-electron chi connectivity index (χ0n) is 9.41. The molecule has 0 aliphatic rings. The smallest absolute Gasteiger partial charge is 0.396 e. The van der Waals surface area contributed by atoms with Gasteiger partial charge in [-0.3, -0.25) is 9.48 Å². The lowest BCUT2D eigenvalue weighted by molar-refractivity contribution is -0.174. The Hall–Kier alpha value is -1.77. The second kappa shape index (κ2) is 5.71. The van der Waals surface area contributed by atoms with Crippen LogP contribution < -0.4 is 11.5 Å². The third-order valence-electron chi connectivity index (χ3n) is 1.96. The van der Waals surface area contributed by atoms with E-state index in [0.29, 0.717) is 6.42 Å². The van der Waals surface area contributed by atoms with Crippen molar-refractivity contribution < 1.29 is 22.7 Å². The van der Waals surface area contributed by atoms with E-state index in [1.54, 1.807) is 0 Å². The van der Waals surface area contributed by atoms with Crippen LogP contribution in [0.4, 0.5) is 18.9 Å². The number of primary amides is 1. The number of nitrogens with zero attached hydrogens (tertiary/aromatic N) is 2. The van der Waals surface area contributed by atoms with Gasteiger partial charge in [0.1, 0.15) is 6.61 Å². The monoisotopic (exact) mass is 266 g/mol. The molecule has 4 N–H and O–H groups in total. The molecule has 0 radical (unpaired) electrons. The van der Waals surface area contributed by atoms with Gasteiger partial charge in [-0.2, -0.15) is 18.3 Å². The maximum atomic E-state index is 11.7. The largest absolute Gasteiger partial charge is 0.411 e. The Morgan fingerprint density at radius 2 is 2.17 bits per heavy atom. The number of alkyl halides is 3. The first-order chi connectivity index (χ1) is 8.29. The van der Waals surface area contributed by atoms with Crippen molar-refractivity contribution >= 4 is 11.6 Å². The average Bonchev–Trinajstić information content (AvgIpc) is 2.57. The highest BCUT2D eigenvalue weighted by molar-refractivity contribution is 5.95. The Kier molecular flexibility index (Phi) is 4.54. The predicted molar refractivity (Wildman–Crippen MR) is 56.6 cm³/mol. The molecule has 6 nitrogen and oxygen atoms in total. The number of amides is 1. The van der Waals surface area contributed by atoms with Gasteiger partial charge in [-0.05, 0) is 6.42 Å². The second-order valence-electron chi connectivity index (χ2n) is 3.58. The number of ether oxygens (including phenoxy) is 1. The molecule has 0 saturated heterocycles. The minimum atomic E-state index is -4.32. The van der Waals surface area contributed by atoms with Crippen LogP contribution in [0.15, 0.2) is 6.20 Å². The van der Waals surface area contributed by atoms with Crippen LogP contribution in [0.25, 0.3) is 0 Å². The standard InChI is InChI=1S/C9H13F3N4O2/c10-9(11,12)5-18-3-1-2-16-4-6(13)7(15-16)8(14)17/h4H,1-3,5,13H2,(H2,14,17). The van der Waals surface area contributed by atoms with Crippen molar-refractivity contribution in [1.29, 1.82) is 0 Å². The van der Waals surface area contributed by atoms with Gasteiger partial charge in [-0.15, -0.1) is 0 Å². The molecule has 0 aromatic carbocycles. The first-order valence-corrected chi connectivity index (χ1v) is 5.07. The third-order valence-corrected chi connectivity index (χ3v) is 1.96. The molecule has 0 aliphatic carbocycles. The lowest BCUT2D eigenvalue weighted by Crippen LogP contribution is -2.18. The fourth-order valence-corrected chi connectivity index (χ4v) is 1.26. The van der Waals surface area contributed by atoms with Crippen molar-refractivity contribution in [3.05, 3.63) is 11.9 Å². The molecule has 0 aliphatic heterocycles. The van der Waals surface area contributed by atoms with Crippen LogP contribution in [-0.4, -0.2) is 35.1 Å². The van der Waals surface area contributed by atoms with E-state index in [0.717, 1.165) is 0 Å². The molecule has 0 unspecified atom stereocenters. The van der Waals surface area contributed by atoms with E-state index in [9.17, 15) is 18.0 Å². The Morgan fingerprint density at radius 3 is 2.67 bits per heavy atom. The molecule has 0 bridgehead atoms. The third kappa shape index (κ3) is 4.62. The number of hydrogen-bond acceptors (Lipinski definition) is 4. The van der Waals surface area contributed by atoms with Crippen LogP contribution in [0.5, 0.6) is 0 Å². The summed E-state index contributed by atoms with van der Waals surface area (Å²) in [5, 5.41) is 3.80. The Balaban J connectivity index is 2.32. The van der Waals surface area contributed by atoms with Gasteiger partial charge in [-0.25, -0.2) is 0 Å². The molecule has 0 spiro atoms. The number of nitrogens with two attached hydrogens (primary N) is 2. The number of anilines is 1. The van der Waals surface area contributed by atoms with Crippen LogP contribution >= 0.6 is 0 Å². The normalized spacial score (nSPS) is 11.7. The summed E-state index contributed by atoms with van der Waals surface area (Å²) in [6, 6.07) is 0. The molecule has 1 rings (SSSR count). The summed E-state index contributed by atoms with van der Waals surface area (Å²) in [4.78, 5) is 10.8. The fourth-order valence-electron chi connectivity index (χ4n) is 1.26. The summed E-state index contributed by atoms with van der Waals surface area (Å²) in [6.45, 7) is -1.05. The number of carbonyl (C=O) groups excluding carboxylic acids is 1. The minimum Gasteiger partial charge on any atom is -0.396 e. The number of carbonyl (C=O) groups is 1. The first-order valence-electron chi connectivity index (χ1n) is 5.07. The van der Waals surface area contributed by atoms with Crippen molar-refractivity contribution in [2.75, 3.05) is 18.9 Å². The summed E-state index contributed by atoms with van der Waals surface area (Å²) in [7, 11) is 0. The van der Waals surface area contributed by atoms with Gasteiger partial charge in [0, 0.05) is 19.3 Å². The van der Waals surface area contributed by atoms with E-state index in [2.05, 4.69) is 9.84 Å². The molecule has 9 heteroatoms. The summed E-state index contributed by atoms with van der Waals surface area (Å²) in [6.07, 6.45) is -2.62. The van der Waals surface area contributed by atoms with E-state index in [4.69, 9.17) is 11.5 Å². The fraction of sp³-hybridized carbons (Fsp3) is 0.556. The van der Waals surface area contributed by atoms with E-state index in [-0.39, 0.29) is 24.5 Å². The molecule has 102 valence electrons. The number of rotatable bonds is 6. The average molecular weight is 266 g/mol. The van der Waals surface area contributed by atoms with Gasteiger partial charge in [0.15, 0.2) is 5.69 Å². The van der Waals surface area contributed by atoms with Crippen molar-refractivity contribution in [1.82, 2.24) is 9.78 Å². The second-order valence-corrected chi connectivity index (χ2v) is 3.58. The summed E-state index contributed by atoms with van der Waals surface area (Å²) < 4.78 is 41.0. The number of aryl methyl sites for hydroxylation is 1. The Labute approximate surface area is 101 Å². The Bertz CT molecular complexity index is 416. The predicted octanol–water partition coefficient (Wildman–Crippen LogP) is 0.533. The molecular formula is C9H13F3N4O2. The van der Waals surface area contributed by atoms with Crippen LogP contribution in [0.2, 0.25) is 0 Å². The molecule has 1 heterocycles. The lowest BCUT2D eigenvalue weighted by atomic mass is 10.4. The molecule has 0 atom stereocenters. The molecule has 0 fully saturated rings. The summed E-state index contributed by atoms with van der Waals surface area (Å²) >= 11 is 0. The van der Waals surface area contributed by atoms with E-state index in [1.165, 1.54) is 10.9 Å². The van der Waals surface area contributed by atoms with Crippen LogP contribution in [0.3, 0.4) is 0 Å². The van der Waals surface area contributed by atoms with Crippen molar-refractivity contribution in [2.45, 2.75) is 19.1 Å². The highest BCUT2D eigenvalue weighted by atomic mass is 19.4. The zero-order chi connectivity index (χ0) is 13.8. The van der Waals surface area contributed by atoms with Crippen LogP contribution in [0.1, 0.15) is 16.9 Å². The van der Waals surface area contributed by atoms with Gasteiger partial charge in [0.25, 0.3) is 5.91 Å². The Morgan fingerprint density at radius 1 is 1.50 bits per heavy atom. The van der Waals surface area contributed by atoms with Crippen molar-refractivity contribution in [3.8, 4) is 0 Å². The van der Waals surface area contributed by atoms with Crippen LogP contribution in [-0.2, 0) is 11.3 Å². The van der Waals surface area contributed by atoms with E-state index < -0.39 is 18.7 Å². The maximum Gasteiger partial charge on any atom is 0.411 e. The molecule has 18 heavy (non-hydrogen) atoms. The van der Waals surface area contributed by atoms with E-state index in [1.807, 2.05) is 0 Å². The molecule has 0 saturated carbocycles. The highest BCUT2D eigenvalue weighted by Crippen LogP contribution is 2.14. The maximum absolute atomic E-state index is 11.7. The summed E-state index contributed by atoms with van der Waals surface area (Å²) in [5.74, 6) is -0.750. The minimum absolute atomic E-state index is 0.0498. The highest BCUT2D eigenvalue weighted by Gasteiger charge is 2.27. The SMILES string of the molecule is NC(=O)c1nn(CCCOCC(F)(F)F)cc1N. The summed E-state index contributed by atoms with van der Waals surface area (Å²) in [5.41, 5.74) is 10.6. The number of hydrogen-bond donors (Lipinski definition) is 2. The lowest BCUT2D eigenvalue weighted by Gasteiger charge is -2.07. The number of nitrogen functional groups attached to an aromatic ring is 1. The topological polar surface area (TPSA) is 96.2 Å². The van der Waals surface area contributed by atoms with Gasteiger partial charge >= 0.3 is 6.18 Å². The molecular weight excluding hydrogens is 253 g/mol. The quantitative estimate of drug-likeness (QED) is 0.734. The first kappa shape index (κ1) is 14.3. The van der Waals surface area contributed by atoms with Crippen LogP contribution in [0, 0.1) is 0 Å². The van der Waals surface area contributed by atoms with Crippen molar-refractivity contribution in [2.24, 2.45) is 5.73 Å². The molecule has 1 aromatic rings. The van der Waals surface area contributed by atoms with Gasteiger partial charge in [0.2, 0.25) is 0 Å². The van der Waals surface area contributed by atoms with Gasteiger partial charge in [0.05, 0.1) is 5.69 Å². The van der Waals surface area contributed by atoms with Gasteiger partial charge in [-0.1, -0.05) is 0 Å². The zero-order valence-corrected chi connectivity index (χ0v) is 9.41. The molecule has 1 amide bonds. The number of halogens is 3. The van der Waals surface area contributed by atoms with Crippen molar-refractivity contribution in [3.63, 3.8) is 0 Å². The van der Waals surface area contributed by atoms with Gasteiger partial charge < -0.3 is 16.2 Å². The van der Waals surface area contributed by atoms with E-state index >= 15 is 0 Å².